The number of thiophene rings is 1. The highest BCUT2D eigenvalue weighted by Crippen LogP contribution is 2.19. The lowest BCUT2D eigenvalue weighted by Crippen LogP contribution is -2.20. The SMILES string of the molecule is CC(C)=Cc1cnc(C#N)nc1NCC(C)(C)C.c1ccsc1. The topological polar surface area (TPSA) is 61.6 Å². The average molecular weight is 328 g/mol. The fourth-order valence-corrected chi connectivity index (χ4v) is 2.03. The van der Waals surface area contributed by atoms with E-state index in [0.717, 1.165) is 17.9 Å². The zero-order valence-corrected chi connectivity index (χ0v) is 15.2. The summed E-state index contributed by atoms with van der Waals surface area (Å²) in [5, 5.41) is 16.2. The standard InChI is InChI=1S/C14H20N4.C4H4S/c1-10(2)6-11-8-16-12(7-15)18-13(11)17-9-14(3,4)5;1-2-4-5-3-1/h6,8H,9H2,1-5H3,(H,16,17,18);1-4H. The van der Waals surface area contributed by atoms with Gasteiger partial charge in [-0.05, 0) is 30.0 Å². The van der Waals surface area contributed by atoms with E-state index >= 15 is 0 Å². The van der Waals surface area contributed by atoms with Crippen LogP contribution >= 0.6 is 11.3 Å². The maximum Gasteiger partial charge on any atom is 0.234 e. The van der Waals surface area contributed by atoms with E-state index in [0.29, 0.717) is 0 Å². The highest BCUT2D eigenvalue weighted by molar-refractivity contribution is 7.07. The van der Waals surface area contributed by atoms with E-state index < -0.39 is 0 Å². The van der Waals surface area contributed by atoms with Gasteiger partial charge in [-0.25, -0.2) is 9.97 Å². The number of hydrogen-bond acceptors (Lipinski definition) is 5. The molecule has 0 aliphatic rings. The molecule has 23 heavy (non-hydrogen) atoms. The predicted octanol–water partition coefficient (Wildman–Crippen LogP) is 4.98. The van der Waals surface area contributed by atoms with E-state index in [9.17, 15) is 0 Å². The molecule has 0 aliphatic carbocycles. The maximum atomic E-state index is 8.84. The summed E-state index contributed by atoms with van der Waals surface area (Å²) >= 11 is 1.71. The van der Waals surface area contributed by atoms with Crippen molar-refractivity contribution in [3.63, 3.8) is 0 Å². The lowest BCUT2D eigenvalue weighted by molar-refractivity contribution is 0.442. The first kappa shape index (κ1) is 18.9. The molecule has 0 spiro atoms. The van der Waals surface area contributed by atoms with Crippen molar-refractivity contribution in [1.82, 2.24) is 9.97 Å². The van der Waals surface area contributed by atoms with Crippen molar-refractivity contribution in [2.45, 2.75) is 34.6 Å². The normalized spacial score (nSPS) is 10.1. The zero-order valence-electron chi connectivity index (χ0n) is 14.4. The van der Waals surface area contributed by atoms with Gasteiger partial charge in [0.25, 0.3) is 0 Å². The third-order valence-electron chi connectivity index (χ3n) is 2.57. The van der Waals surface area contributed by atoms with Crippen molar-refractivity contribution in [2.75, 3.05) is 11.9 Å². The lowest BCUT2D eigenvalue weighted by Gasteiger charge is -2.20. The van der Waals surface area contributed by atoms with Gasteiger partial charge in [0.2, 0.25) is 5.82 Å². The number of nitriles is 1. The Bertz CT molecular complexity index is 640. The van der Waals surface area contributed by atoms with Crippen molar-refractivity contribution >= 4 is 23.2 Å². The molecule has 0 aromatic carbocycles. The van der Waals surface area contributed by atoms with Crippen LogP contribution < -0.4 is 5.32 Å². The average Bonchev–Trinajstić information content (AvgIpc) is 3.04. The number of nitrogens with zero attached hydrogens (tertiary/aromatic N) is 3. The first-order valence-electron chi connectivity index (χ1n) is 7.45. The molecular weight excluding hydrogens is 304 g/mol. The Kier molecular flexibility index (Phi) is 7.43. The van der Waals surface area contributed by atoms with E-state index in [1.54, 1.807) is 17.5 Å². The first-order chi connectivity index (χ1) is 10.8. The van der Waals surface area contributed by atoms with Gasteiger partial charge in [0.15, 0.2) is 0 Å². The minimum absolute atomic E-state index is 0.153. The number of anilines is 1. The molecule has 0 atom stereocenters. The van der Waals surface area contributed by atoms with E-state index in [-0.39, 0.29) is 11.2 Å². The molecule has 2 heterocycles. The summed E-state index contributed by atoms with van der Waals surface area (Å²) in [4.78, 5) is 8.22. The smallest absolute Gasteiger partial charge is 0.234 e. The number of nitrogens with one attached hydrogen (secondary N) is 1. The van der Waals surface area contributed by atoms with Crippen LogP contribution in [0.15, 0.2) is 34.7 Å². The van der Waals surface area contributed by atoms with Gasteiger partial charge in [-0.2, -0.15) is 16.6 Å². The molecule has 0 fully saturated rings. The largest absolute Gasteiger partial charge is 0.369 e. The van der Waals surface area contributed by atoms with Crippen molar-refractivity contribution in [3.8, 4) is 6.07 Å². The highest BCUT2D eigenvalue weighted by Gasteiger charge is 2.12. The highest BCUT2D eigenvalue weighted by atomic mass is 32.1. The van der Waals surface area contributed by atoms with Gasteiger partial charge in [0.1, 0.15) is 11.9 Å². The Morgan fingerprint density at radius 3 is 2.39 bits per heavy atom. The summed E-state index contributed by atoms with van der Waals surface area (Å²) < 4.78 is 0. The molecule has 1 N–H and O–H groups in total. The fourth-order valence-electron chi connectivity index (χ4n) is 1.58. The summed E-state index contributed by atoms with van der Waals surface area (Å²) in [5.41, 5.74) is 2.24. The Morgan fingerprint density at radius 2 is 1.96 bits per heavy atom. The molecular formula is C18H24N4S. The molecule has 122 valence electrons. The Labute approximate surface area is 142 Å². The van der Waals surface area contributed by atoms with Gasteiger partial charge < -0.3 is 5.32 Å². The van der Waals surface area contributed by atoms with Crippen molar-refractivity contribution in [2.24, 2.45) is 5.41 Å². The molecule has 2 aromatic rings. The summed E-state index contributed by atoms with van der Waals surface area (Å²) in [6.07, 6.45) is 3.69. The van der Waals surface area contributed by atoms with E-state index in [1.807, 2.05) is 48.9 Å². The number of hydrogen-bond donors (Lipinski definition) is 1. The molecule has 2 aromatic heterocycles. The number of rotatable bonds is 3. The molecule has 0 bridgehead atoms. The van der Waals surface area contributed by atoms with Crippen molar-refractivity contribution in [3.05, 3.63) is 46.1 Å². The minimum atomic E-state index is 0.153. The molecule has 0 aliphatic heterocycles. The van der Waals surface area contributed by atoms with Crippen LogP contribution in [0.4, 0.5) is 5.82 Å². The van der Waals surface area contributed by atoms with Crippen molar-refractivity contribution < 1.29 is 0 Å². The van der Waals surface area contributed by atoms with Crippen LogP contribution in [0.2, 0.25) is 0 Å². The molecule has 5 heteroatoms. The second kappa shape index (κ2) is 9.06. The van der Waals surface area contributed by atoms with Crippen LogP contribution in [-0.4, -0.2) is 16.5 Å². The number of aromatic nitrogens is 2. The van der Waals surface area contributed by atoms with Crippen LogP contribution in [0.3, 0.4) is 0 Å². The minimum Gasteiger partial charge on any atom is -0.369 e. The van der Waals surface area contributed by atoms with Gasteiger partial charge in [0, 0.05) is 18.3 Å². The second-order valence-corrected chi connectivity index (χ2v) is 7.35. The fraction of sp³-hybridized carbons (Fsp3) is 0.389. The van der Waals surface area contributed by atoms with Crippen LogP contribution in [0.25, 0.3) is 6.08 Å². The Balaban J connectivity index is 0.000000446. The van der Waals surface area contributed by atoms with E-state index in [1.165, 1.54) is 5.57 Å². The first-order valence-corrected chi connectivity index (χ1v) is 8.39. The molecule has 0 radical (unpaired) electrons. The molecule has 2 rings (SSSR count). The lowest BCUT2D eigenvalue weighted by atomic mass is 9.97. The maximum absolute atomic E-state index is 8.84. The second-order valence-electron chi connectivity index (χ2n) is 6.54. The van der Waals surface area contributed by atoms with Gasteiger partial charge >= 0.3 is 0 Å². The van der Waals surface area contributed by atoms with Crippen LogP contribution in [0.5, 0.6) is 0 Å². The van der Waals surface area contributed by atoms with Gasteiger partial charge in [-0.1, -0.05) is 44.6 Å². The summed E-state index contributed by atoms with van der Waals surface area (Å²) in [5.74, 6) is 0.912. The van der Waals surface area contributed by atoms with Gasteiger partial charge in [-0.3, -0.25) is 0 Å². The monoisotopic (exact) mass is 328 g/mol. The molecule has 0 saturated heterocycles. The quantitative estimate of drug-likeness (QED) is 0.863. The zero-order chi connectivity index (χ0) is 17.3. The summed E-state index contributed by atoms with van der Waals surface area (Å²) in [7, 11) is 0. The Hall–Kier alpha value is -2.19. The molecule has 0 unspecified atom stereocenters. The third-order valence-corrected chi connectivity index (χ3v) is 3.20. The van der Waals surface area contributed by atoms with E-state index in [2.05, 4.69) is 36.1 Å². The molecule has 0 amide bonds. The molecule has 0 saturated carbocycles. The van der Waals surface area contributed by atoms with Crippen LogP contribution in [-0.2, 0) is 0 Å². The predicted molar refractivity (Wildman–Crippen MR) is 98.3 cm³/mol. The number of allylic oxidation sites excluding steroid dienone is 1. The summed E-state index contributed by atoms with van der Waals surface area (Å²) in [6, 6.07) is 6.00. The third kappa shape index (κ3) is 8.12. The van der Waals surface area contributed by atoms with Crippen LogP contribution in [0.1, 0.15) is 46.0 Å². The molecule has 4 nitrogen and oxygen atoms in total. The van der Waals surface area contributed by atoms with Gasteiger partial charge in [-0.15, -0.1) is 0 Å². The van der Waals surface area contributed by atoms with E-state index in [4.69, 9.17) is 5.26 Å². The summed E-state index contributed by atoms with van der Waals surface area (Å²) in [6.45, 7) is 11.3. The Morgan fingerprint density at radius 1 is 1.30 bits per heavy atom. The van der Waals surface area contributed by atoms with Crippen molar-refractivity contribution in [1.29, 1.82) is 5.26 Å². The van der Waals surface area contributed by atoms with Gasteiger partial charge in [0.05, 0.1) is 0 Å². The van der Waals surface area contributed by atoms with Crippen LogP contribution in [0, 0.1) is 16.7 Å².